The molecule has 4 heteroatoms. The van der Waals surface area contributed by atoms with Crippen molar-refractivity contribution in [2.24, 2.45) is 5.92 Å². The molecule has 0 aliphatic rings. The summed E-state index contributed by atoms with van der Waals surface area (Å²) in [6.45, 7) is 9.37. The lowest BCUT2D eigenvalue weighted by Crippen LogP contribution is -2.28. The van der Waals surface area contributed by atoms with E-state index in [1.807, 2.05) is 0 Å². The zero-order valence-electron chi connectivity index (χ0n) is 12.1. The lowest BCUT2D eigenvalue weighted by molar-refractivity contribution is 0.134. The number of rotatable bonds is 12. The summed E-state index contributed by atoms with van der Waals surface area (Å²) >= 11 is 0. The number of hydrogen-bond donors (Lipinski definition) is 2. The second kappa shape index (κ2) is 11.8. The first-order valence-electron chi connectivity index (χ1n) is 7.28. The molecular weight excluding hydrogens is 234 g/mol. The van der Waals surface area contributed by atoms with Crippen LogP contribution in [-0.4, -0.2) is 32.1 Å². The summed E-state index contributed by atoms with van der Waals surface area (Å²) in [6, 6.07) is 0.434. The molecule has 0 spiro atoms. The van der Waals surface area contributed by atoms with Crippen molar-refractivity contribution in [3.8, 4) is 0 Å². The molecule has 0 aromatic rings. The van der Waals surface area contributed by atoms with E-state index >= 15 is 0 Å². The summed E-state index contributed by atoms with van der Waals surface area (Å²) in [7, 11) is 0. The van der Waals surface area contributed by atoms with Crippen LogP contribution in [0.1, 0.15) is 52.9 Å². The van der Waals surface area contributed by atoms with Crippen molar-refractivity contribution in [1.82, 2.24) is 10.6 Å². The van der Waals surface area contributed by atoms with Gasteiger partial charge in [-0.1, -0.05) is 13.8 Å². The van der Waals surface area contributed by atoms with Crippen molar-refractivity contribution in [2.45, 2.75) is 65.3 Å². The highest BCUT2D eigenvalue weighted by atomic mass is 19.3. The summed E-state index contributed by atoms with van der Waals surface area (Å²) in [5, 5.41) is 6.64. The maximum Gasteiger partial charge on any atom is 0.238 e. The third-order valence-electron chi connectivity index (χ3n) is 3.25. The molecule has 0 amide bonds. The number of alkyl halides is 2. The van der Waals surface area contributed by atoms with Crippen molar-refractivity contribution in [2.75, 3.05) is 19.6 Å². The Morgan fingerprint density at radius 2 is 1.67 bits per heavy atom. The molecule has 0 aromatic carbocycles. The molecule has 2 atom stereocenters. The molecule has 0 fully saturated rings. The molecule has 18 heavy (non-hydrogen) atoms. The van der Waals surface area contributed by atoms with E-state index in [0.717, 1.165) is 25.4 Å². The molecule has 0 radical (unpaired) electrons. The van der Waals surface area contributed by atoms with Crippen molar-refractivity contribution in [3.05, 3.63) is 0 Å². The molecule has 0 saturated heterocycles. The summed E-state index contributed by atoms with van der Waals surface area (Å²) in [6.07, 6.45) is 1.97. The van der Waals surface area contributed by atoms with E-state index in [-0.39, 0.29) is 6.42 Å². The minimum Gasteiger partial charge on any atom is -0.317 e. The van der Waals surface area contributed by atoms with Crippen molar-refractivity contribution >= 4 is 0 Å². The minimum atomic E-state index is -2.16. The predicted octanol–water partition coefficient (Wildman–Crippen LogP) is 3.43. The molecule has 0 rings (SSSR count). The molecule has 2 unspecified atom stereocenters. The van der Waals surface area contributed by atoms with Gasteiger partial charge in [0, 0.05) is 12.5 Å². The van der Waals surface area contributed by atoms with E-state index in [2.05, 4.69) is 31.4 Å². The summed E-state index contributed by atoms with van der Waals surface area (Å²) in [5.41, 5.74) is 0. The van der Waals surface area contributed by atoms with E-state index in [0.29, 0.717) is 19.0 Å². The topological polar surface area (TPSA) is 24.1 Å². The normalized spacial score (nSPS) is 15.0. The van der Waals surface area contributed by atoms with Crippen LogP contribution in [0.15, 0.2) is 0 Å². The molecule has 2 nitrogen and oxygen atoms in total. The van der Waals surface area contributed by atoms with Gasteiger partial charge < -0.3 is 10.6 Å². The summed E-state index contributed by atoms with van der Waals surface area (Å²) in [5.74, 6) is 0.731. The van der Waals surface area contributed by atoms with Gasteiger partial charge in [-0.3, -0.25) is 0 Å². The third-order valence-corrected chi connectivity index (χ3v) is 3.25. The zero-order valence-corrected chi connectivity index (χ0v) is 12.1. The van der Waals surface area contributed by atoms with Crippen LogP contribution in [0.4, 0.5) is 8.78 Å². The molecule has 2 N–H and O–H groups in total. The lowest BCUT2D eigenvalue weighted by Gasteiger charge is -2.17. The number of nitrogens with one attached hydrogen (secondary N) is 2. The van der Waals surface area contributed by atoms with Crippen LogP contribution in [0.2, 0.25) is 0 Å². The van der Waals surface area contributed by atoms with E-state index < -0.39 is 6.43 Å². The monoisotopic (exact) mass is 264 g/mol. The Bertz CT molecular complexity index is 177. The maximum atomic E-state index is 11.9. The fraction of sp³-hybridized carbons (Fsp3) is 1.00. The van der Waals surface area contributed by atoms with Gasteiger partial charge in [0.25, 0.3) is 0 Å². The minimum absolute atomic E-state index is 0.0127. The van der Waals surface area contributed by atoms with Gasteiger partial charge in [-0.2, -0.15) is 0 Å². The van der Waals surface area contributed by atoms with E-state index in [1.54, 1.807) is 0 Å². The van der Waals surface area contributed by atoms with Crippen LogP contribution >= 0.6 is 0 Å². The Labute approximate surface area is 111 Å². The fourth-order valence-electron chi connectivity index (χ4n) is 1.91. The molecule has 0 bridgehead atoms. The molecular formula is C14H30F2N2. The second-order valence-corrected chi connectivity index (χ2v) is 5.21. The van der Waals surface area contributed by atoms with Gasteiger partial charge in [-0.05, 0) is 58.2 Å². The molecule has 0 aromatic heterocycles. The Hall–Kier alpha value is -0.220. The standard InChI is InChI=1S/C14H30F2N2/c1-4-17-11-9-12(2)7-8-13(3)18-10-5-6-14(15)16/h12-14,17-18H,4-11H2,1-3H3. The van der Waals surface area contributed by atoms with Gasteiger partial charge in [-0.25, -0.2) is 8.78 Å². The SMILES string of the molecule is CCNCCC(C)CCC(C)NCCCC(F)F. The smallest absolute Gasteiger partial charge is 0.238 e. The Morgan fingerprint density at radius 3 is 2.28 bits per heavy atom. The van der Waals surface area contributed by atoms with Crippen LogP contribution in [-0.2, 0) is 0 Å². The molecule has 0 aliphatic heterocycles. The van der Waals surface area contributed by atoms with Crippen LogP contribution < -0.4 is 10.6 Å². The molecule has 0 heterocycles. The van der Waals surface area contributed by atoms with E-state index in [9.17, 15) is 8.78 Å². The van der Waals surface area contributed by atoms with Gasteiger partial charge in [0.05, 0.1) is 0 Å². The Kier molecular flexibility index (Phi) is 11.7. The summed E-state index contributed by atoms with van der Waals surface area (Å²) in [4.78, 5) is 0. The predicted molar refractivity (Wildman–Crippen MR) is 74.3 cm³/mol. The van der Waals surface area contributed by atoms with Crippen molar-refractivity contribution in [1.29, 1.82) is 0 Å². The summed E-state index contributed by atoms with van der Waals surface area (Å²) < 4.78 is 23.9. The maximum absolute atomic E-state index is 11.9. The first-order valence-corrected chi connectivity index (χ1v) is 7.28. The van der Waals surface area contributed by atoms with Crippen LogP contribution in [0, 0.1) is 5.92 Å². The van der Waals surface area contributed by atoms with Crippen LogP contribution in [0.3, 0.4) is 0 Å². The second-order valence-electron chi connectivity index (χ2n) is 5.21. The van der Waals surface area contributed by atoms with Crippen LogP contribution in [0.5, 0.6) is 0 Å². The average Bonchev–Trinajstić information content (AvgIpc) is 2.32. The zero-order chi connectivity index (χ0) is 13.8. The largest absolute Gasteiger partial charge is 0.317 e. The highest BCUT2D eigenvalue weighted by Crippen LogP contribution is 2.11. The highest BCUT2D eigenvalue weighted by Gasteiger charge is 2.07. The fourth-order valence-corrected chi connectivity index (χ4v) is 1.91. The van der Waals surface area contributed by atoms with Gasteiger partial charge in [0.2, 0.25) is 6.43 Å². The Balaban J connectivity index is 3.37. The number of halogens is 2. The van der Waals surface area contributed by atoms with Crippen LogP contribution in [0.25, 0.3) is 0 Å². The first kappa shape index (κ1) is 17.8. The number of hydrogen-bond acceptors (Lipinski definition) is 2. The van der Waals surface area contributed by atoms with Gasteiger partial charge in [-0.15, -0.1) is 0 Å². The van der Waals surface area contributed by atoms with Gasteiger partial charge >= 0.3 is 0 Å². The van der Waals surface area contributed by atoms with Gasteiger partial charge in [0.1, 0.15) is 0 Å². The van der Waals surface area contributed by atoms with E-state index in [4.69, 9.17) is 0 Å². The first-order chi connectivity index (χ1) is 8.56. The van der Waals surface area contributed by atoms with E-state index in [1.165, 1.54) is 12.8 Å². The lowest BCUT2D eigenvalue weighted by atomic mass is 9.99. The van der Waals surface area contributed by atoms with Crippen molar-refractivity contribution in [3.63, 3.8) is 0 Å². The molecule has 0 saturated carbocycles. The van der Waals surface area contributed by atoms with Crippen molar-refractivity contribution < 1.29 is 8.78 Å². The third kappa shape index (κ3) is 12.2. The Morgan fingerprint density at radius 1 is 0.944 bits per heavy atom. The highest BCUT2D eigenvalue weighted by molar-refractivity contribution is 4.64. The molecule has 0 aliphatic carbocycles. The molecule has 110 valence electrons. The quantitative estimate of drug-likeness (QED) is 0.528. The van der Waals surface area contributed by atoms with Gasteiger partial charge in [0.15, 0.2) is 0 Å². The average molecular weight is 264 g/mol.